The lowest BCUT2D eigenvalue weighted by Crippen LogP contribution is -2.70. The van der Waals surface area contributed by atoms with E-state index >= 15 is 0 Å². The first-order valence-corrected chi connectivity index (χ1v) is 16.9. The third kappa shape index (κ3) is 5.74. The molecule has 0 aliphatic rings. The Labute approximate surface area is 250 Å². The molecule has 41 heavy (non-hydrogen) atoms. The average molecular weight is 564 g/mol. The third-order valence-electron chi connectivity index (χ3n) is 7.95. The standard InChI is InChI=1S/C36H32BN2SSi/c40-27-29-21-23-34(24-22-29)41(32-17-9-3-10-18-32,33-19-11-4-12-20-33)28-39-26-25-38-36(39)37-35(30-13-5-1-6-14-30)31-15-7-2-8-16-31/h1-26,35,40H,27-28H2. The highest BCUT2D eigenvalue weighted by Crippen LogP contribution is 2.23. The van der Waals surface area contributed by atoms with Crippen LogP contribution in [0.25, 0.3) is 0 Å². The molecular formula is C36H32BN2SSi. The van der Waals surface area contributed by atoms with Gasteiger partial charge in [0, 0.05) is 24.3 Å². The summed E-state index contributed by atoms with van der Waals surface area (Å²) in [6.45, 7) is 0. The van der Waals surface area contributed by atoms with Gasteiger partial charge in [0.1, 0.15) is 0 Å². The fourth-order valence-electron chi connectivity index (χ4n) is 5.84. The minimum absolute atomic E-state index is 0.0951. The Bertz CT molecular complexity index is 1580. The van der Waals surface area contributed by atoms with E-state index in [1.165, 1.54) is 32.3 Å². The largest absolute Gasteiger partial charge is 0.345 e. The lowest BCUT2D eigenvalue weighted by atomic mass is 9.58. The van der Waals surface area contributed by atoms with E-state index in [1.807, 2.05) is 6.20 Å². The number of hydrogen-bond donors (Lipinski definition) is 1. The van der Waals surface area contributed by atoms with E-state index < -0.39 is 8.07 Å². The van der Waals surface area contributed by atoms with Crippen molar-refractivity contribution >= 4 is 49.3 Å². The molecule has 0 aliphatic carbocycles. The molecule has 199 valence electrons. The molecule has 1 heterocycles. The molecule has 0 saturated heterocycles. The first kappa shape index (κ1) is 27.1. The highest BCUT2D eigenvalue weighted by molar-refractivity contribution is 7.79. The summed E-state index contributed by atoms with van der Waals surface area (Å²) in [7, 11) is -0.204. The van der Waals surface area contributed by atoms with Gasteiger partial charge in [0.2, 0.25) is 7.28 Å². The van der Waals surface area contributed by atoms with Crippen LogP contribution in [0.5, 0.6) is 0 Å². The Morgan fingerprint density at radius 2 is 1.07 bits per heavy atom. The topological polar surface area (TPSA) is 17.8 Å². The first-order chi connectivity index (χ1) is 20.3. The molecule has 0 aliphatic heterocycles. The fourth-order valence-corrected chi connectivity index (χ4v) is 10.6. The molecule has 0 fully saturated rings. The van der Waals surface area contributed by atoms with Crippen molar-refractivity contribution < 1.29 is 0 Å². The van der Waals surface area contributed by atoms with Gasteiger partial charge in [-0.2, -0.15) is 12.6 Å². The molecule has 0 spiro atoms. The van der Waals surface area contributed by atoms with Gasteiger partial charge in [-0.1, -0.05) is 146 Å². The third-order valence-corrected chi connectivity index (χ3v) is 13.1. The molecule has 2 nitrogen and oxygen atoms in total. The van der Waals surface area contributed by atoms with Crippen LogP contribution in [-0.2, 0) is 11.9 Å². The lowest BCUT2D eigenvalue weighted by molar-refractivity contribution is 0.889. The van der Waals surface area contributed by atoms with Crippen LogP contribution >= 0.6 is 12.6 Å². The maximum atomic E-state index is 4.92. The zero-order chi connectivity index (χ0) is 27.9. The normalized spacial score (nSPS) is 11.5. The van der Waals surface area contributed by atoms with E-state index in [0.717, 1.165) is 17.6 Å². The summed E-state index contributed by atoms with van der Waals surface area (Å²) in [5, 5.41) is 4.14. The highest BCUT2D eigenvalue weighted by Gasteiger charge is 2.40. The Hall–Kier alpha value is -4.06. The van der Waals surface area contributed by atoms with Gasteiger partial charge in [-0.15, -0.1) is 0 Å². The maximum absolute atomic E-state index is 4.92. The quantitative estimate of drug-likeness (QED) is 0.139. The monoisotopic (exact) mass is 563 g/mol. The van der Waals surface area contributed by atoms with Crippen LogP contribution in [0.4, 0.5) is 0 Å². The minimum atomic E-state index is -2.53. The molecular weight excluding hydrogens is 531 g/mol. The molecule has 6 aromatic rings. The summed E-state index contributed by atoms with van der Waals surface area (Å²) in [6.07, 6.45) is 4.93. The van der Waals surface area contributed by atoms with Crippen molar-refractivity contribution in [2.24, 2.45) is 0 Å². The Kier molecular flexibility index (Phi) is 8.36. The Balaban J connectivity index is 1.48. The van der Waals surface area contributed by atoms with Crippen LogP contribution in [0, 0.1) is 0 Å². The molecule has 6 rings (SSSR count). The van der Waals surface area contributed by atoms with Crippen LogP contribution in [0.2, 0.25) is 0 Å². The molecule has 5 aromatic carbocycles. The van der Waals surface area contributed by atoms with Crippen molar-refractivity contribution in [2.75, 3.05) is 0 Å². The van der Waals surface area contributed by atoms with Gasteiger partial charge < -0.3 is 4.57 Å². The number of benzene rings is 5. The van der Waals surface area contributed by atoms with Gasteiger partial charge in [-0.05, 0) is 38.1 Å². The van der Waals surface area contributed by atoms with Crippen LogP contribution in [0.3, 0.4) is 0 Å². The van der Waals surface area contributed by atoms with Gasteiger partial charge in [-0.3, -0.25) is 4.98 Å². The molecule has 0 saturated carbocycles. The average Bonchev–Trinajstić information content (AvgIpc) is 3.50. The number of imidazole rings is 1. The summed E-state index contributed by atoms with van der Waals surface area (Å²) in [5.74, 6) is 0.824. The second-order valence-electron chi connectivity index (χ2n) is 10.4. The van der Waals surface area contributed by atoms with E-state index in [1.54, 1.807) is 0 Å². The summed E-state index contributed by atoms with van der Waals surface area (Å²) < 4.78 is 2.37. The number of nitrogens with zero attached hydrogens (tertiary/aromatic N) is 2. The van der Waals surface area contributed by atoms with Crippen LogP contribution in [-0.4, -0.2) is 24.9 Å². The molecule has 0 bridgehead atoms. The molecule has 0 atom stereocenters. The lowest BCUT2D eigenvalue weighted by Gasteiger charge is -2.35. The van der Waals surface area contributed by atoms with Gasteiger partial charge in [0.05, 0.1) is 5.72 Å². The highest BCUT2D eigenvalue weighted by atomic mass is 32.1. The van der Waals surface area contributed by atoms with Crippen LogP contribution in [0.15, 0.2) is 158 Å². The van der Waals surface area contributed by atoms with Crippen LogP contribution in [0.1, 0.15) is 22.5 Å². The SMILES string of the molecule is SCc1ccc([Si](Cn2ccnc2[B]C(c2ccccc2)c2ccccc2)(c2ccccc2)c2ccccc2)cc1. The van der Waals surface area contributed by atoms with Crippen molar-refractivity contribution in [1.29, 1.82) is 0 Å². The van der Waals surface area contributed by atoms with E-state index in [-0.39, 0.29) is 5.82 Å². The van der Waals surface area contributed by atoms with Gasteiger partial charge in [0.15, 0.2) is 8.07 Å². The van der Waals surface area contributed by atoms with Crippen LogP contribution < -0.4 is 21.3 Å². The first-order valence-electron chi connectivity index (χ1n) is 14.0. The second kappa shape index (κ2) is 12.6. The predicted octanol–water partition coefficient (Wildman–Crippen LogP) is 5.14. The van der Waals surface area contributed by atoms with E-state index in [0.29, 0.717) is 0 Å². The zero-order valence-corrected chi connectivity index (χ0v) is 24.8. The minimum Gasteiger partial charge on any atom is -0.345 e. The Morgan fingerprint density at radius 1 is 0.610 bits per heavy atom. The molecule has 0 N–H and O–H groups in total. The molecule has 1 radical (unpaired) electrons. The number of rotatable bonds is 10. The second-order valence-corrected chi connectivity index (χ2v) is 14.5. The van der Waals surface area contributed by atoms with Crippen molar-refractivity contribution in [1.82, 2.24) is 9.55 Å². The van der Waals surface area contributed by atoms with Crippen molar-refractivity contribution in [3.05, 3.63) is 175 Å². The summed E-state index contributed by atoms with van der Waals surface area (Å²) in [6, 6.07) is 52.7. The number of aromatic nitrogens is 2. The van der Waals surface area contributed by atoms with Gasteiger partial charge >= 0.3 is 0 Å². The number of hydrogen-bond acceptors (Lipinski definition) is 2. The zero-order valence-electron chi connectivity index (χ0n) is 22.9. The van der Waals surface area contributed by atoms with E-state index in [2.05, 4.69) is 176 Å². The van der Waals surface area contributed by atoms with E-state index in [9.17, 15) is 0 Å². The Morgan fingerprint density at radius 3 is 1.56 bits per heavy atom. The molecule has 0 amide bonds. The van der Waals surface area contributed by atoms with Gasteiger partial charge in [0.25, 0.3) is 0 Å². The van der Waals surface area contributed by atoms with Crippen molar-refractivity contribution in [3.8, 4) is 0 Å². The van der Waals surface area contributed by atoms with Gasteiger partial charge in [-0.25, -0.2) is 0 Å². The number of thiol groups is 1. The molecule has 0 unspecified atom stereocenters. The summed E-state index contributed by atoms with van der Waals surface area (Å²) in [4.78, 5) is 4.92. The predicted molar refractivity (Wildman–Crippen MR) is 179 cm³/mol. The molecule has 5 heteroatoms. The smallest absolute Gasteiger partial charge is 0.215 e. The van der Waals surface area contributed by atoms with Crippen molar-refractivity contribution in [3.63, 3.8) is 0 Å². The van der Waals surface area contributed by atoms with E-state index in [4.69, 9.17) is 4.98 Å². The molecule has 1 aromatic heterocycles. The maximum Gasteiger partial charge on any atom is 0.215 e. The summed E-state index contributed by atoms with van der Waals surface area (Å²) >= 11 is 4.53. The summed E-state index contributed by atoms with van der Waals surface area (Å²) in [5.41, 5.74) is 4.72. The fraction of sp³-hybridized carbons (Fsp3) is 0.0833. The van der Waals surface area contributed by atoms with Crippen molar-refractivity contribution in [2.45, 2.75) is 17.7 Å².